The third-order valence-corrected chi connectivity index (χ3v) is 1.91. The second-order valence-electron chi connectivity index (χ2n) is 1.90. The molecule has 0 aromatic heterocycles. The van der Waals surface area contributed by atoms with Gasteiger partial charge in [-0.05, 0) is 12.1 Å². The van der Waals surface area contributed by atoms with Crippen LogP contribution in [0.25, 0.3) is 0 Å². The summed E-state index contributed by atoms with van der Waals surface area (Å²) in [5.74, 6) is 0. The van der Waals surface area contributed by atoms with Crippen LogP contribution in [0.5, 0.6) is 0 Å². The molecule has 71 valence electrons. The molecule has 0 unspecified atom stereocenters. The van der Waals surface area contributed by atoms with Crippen molar-refractivity contribution in [2.24, 2.45) is 0 Å². The van der Waals surface area contributed by atoms with E-state index in [0.29, 0.717) is 0 Å². The minimum absolute atomic E-state index is 0. The third kappa shape index (κ3) is 5.37. The predicted molar refractivity (Wildman–Crippen MR) is 46.4 cm³/mol. The highest BCUT2D eigenvalue weighted by molar-refractivity contribution is 7.85. The second kappa shape index (κ2) is 5.71. The Morgan fingerprint density at radius 3 is 1.69 bits per heavy atom. The van der Waals surface area contributed by atoms with Crippen molar-refractivity contribution in [2.75, 3.05) is 0 Å². The van der Waals surface area contributed by atoms with E-state index in [1.807, 2.05) is 0 Å². The van der Waals surface area contributed by atoms with Crippen LogP contribution in [-0.2, 0) is 10.1 Å². The monoisotopic (exact) mass is 203 g/mol. The number of hydrogen-bond acceptors (Lipinski definition) is 4. The molecule has 7 heteroatoms. The van der Waals surface area contributed by atoms with Crippen LogP contribution < -0.4 is 0 Å². The molecule has 0 aliphatic heterocycles. The SMILES string of the molecule is O=S(=O)(O)c1ccccc1.O[B]O. The van der Waals surface area contributed by atoms with Crippen LogP contribution in [0.15, 0.2) is 35.2 Å². The second-order valence-corrected chi connectivity index (χ2v) is 3.33. The van der Waals surface area contributed by atoms with E-state index in [-0.39, 0.29) is 12.6 Å². The zero-order valence-electron chi connectivity index (χ0n) is 6.53. The molecule has 0 saturated heterocycles. The van der Waals surface area contributed by atoms with Gasteiger partial charge in [-0.25, -0.2) is 0 Å². The Balaban J connectivity index is 0.000000424. The van der Waals surface area contributed by atoms with Crippen molar-refractivity contribution < 1.29 is 23.0 Å². The first-order chi connectivity index (χ1) is 6.02. The van der Waals surface area contributed by atoms with Gasteiger partial charge >= 0.3 is 7.69 Å². The van der Waals surface area contributed by atoms with Crippen molar-refractivity contribution in [1.29, 1.82) is 0 Å². The summed E-state index contributed by atoms with van der Waals surface area (Å²) in [5.41, 5.74) is 0. The van der Waals surface area contributed by atoms with E-state index in [1.165, 1.54) is 12.1 Å². The van der Waals surface area contributed by atoms with Crippen LogP contribution in [-0.4, -0.2) is 30.7 Å². The number of rotatable bonds is 1. The van der Waals surface area contributed by atoms with E-state index in [1.54, 1.807) is 18.2 Å². The van der Waals surface area contributed by atoms with Gasteiger partial charge in [0.05, 0.1) is 4.90 Å². The maximum absolute atomic E-state index is 10.4. The lowest BCUT2D eigenvalue weighted by molar-refractivity contribution is 0.448. The molecule has 13 heavy (non-hydrogen) atoms. The first-order valence-electron chi connectivity index (χ1n) is 3.15. The Kier molecular flexibility index (Phi) is 5.32. The van der Waals surface area contributed by atoms with Gasteiger partial charge in [0, 0.05) is 0 Å². The summed E-state index contributed by atoms with van der Waals surface area (Å²) in [6.07, 6.45) is 0. The van der Waals surface area contributed by atoms with Gasteiger partial charge in [-0.15, -0.1) is 0 Å². The van der Waals surface area contributed by atoms with E-state index in [4.69, 9.17) is 14.6 Å². The van der Waals surface area contributed by atoms with Gasteiger partial charge in [0.15, 0.2) is 0 Å². The van der Waals surface area contributed by atoms with E-state index in [0.717, 1.165) is 0 Å². The van der Waals surface area contributed by atoms with Crippen molar-refractivity contribution in [3.05, 3.63) is 30.3 Å². The molecule has 0 atom stereocenters. The lowest BCUT2D eigenvalue weighted by atomic mass is 10.4. The molecule has 0 aliphatic rings. The molecular formula is C6H8BO5S. The van der Waals surface area contributed by atoms with Gasteiger partial charge in [0.2, 0.25) is 0 Å². The molecule has 1 aromatic rings. The summed E-state index contributed by atoms with van der Waals surface area (Å²) in [6.45, 7) is 0. The minimum atomic E-state index is -4.00. The molecule has 0 saturated carbocycles. The highest BCUT2D eigenvalue weighted by Crippen LogP contribution is 2.05. The molecule has 1 rings (SSSR count). The van der Waals surface area contributed by atoms with Crippen molar-refractivity contribution in [1.82, 2.24) is 0 Å². The fourth-order valence-corrected chi connectivity index (χ4v) is 1.09. The third-order valence-electron chi connectivity index (χ3n) is 1.04. The average molecular weight is 203 g/mol. The van der Waals surface area contributed by atoms with Crippen LogP contribution in [0.3, 0.4) is 0 Å². The Morgan fingerprint density at radius 1 is 1.08 bits per heavy atom. The van der Waals surface area contributed by atoms with Crippen LogP contribution in [0.4, 0.5) is 0 Å². The molecule has 0 bridgehead atoms. The summed E-state index contributed by atoms with van der Waals surface area (Å²) in [6, 6.07) is 7.42. The largest absolute Gasteiger partial charge is 0.482 e. The van der Waals surface area contributed by atoms with Crippen LogP contribution >= 0.6 is 0 Å². The van der Waals surface area contributed by atoms with Gasteiger partial charge in [0.1, 0.15) is 0 Å². The maximum Gasteiger partial charge on any atom is 0.482 e. The van der Waals surface area contributed by atoms with Gasteiger partial charge < -0.3 is 10.0 Å². The van der Waals surface area contributed by atoms with E-state index >= 15 is 0 Å². The molecule has 0 aliphatic carbocycles. The quantitative estimate of drug-likeness (QED) is 0.420. The van der Waals surface area contributed by atoms with E-state index in [2.05, 4.69) is 0 Å². The molecular weight excluding hydrogens is 195 g/mol. The Hall–Kier alpha value is -0.885. The average Bonchev–Trinajstić information content (AvgIpc) is 2.06. The Bertz CT molecular complexity index is 322. The Labute approximate surface area is 76.7 Å². The fraction of sp³-hybridized carbons (Fsp3) is 0. The predicted octanol–water partition coefficient (Wildman–Crippen LogP) is -0.561. The van der Waals surface area contributed by atoms with Crippen molar-refractivity contribution in [3.8, 4) is 0 Å². The topological polar surface area (TPSA) is 94.8 Å². The maximum atomic E-state index is 10.4. The van der Waals surface area contributed by atoms with Crippen molar-refractivity contribution in [3.63, 3.8) is 0 Å². The molecule has 0 fully saturated rings. The van der Waals surface area contributed by atoms with Crippen LogP contribution in [0, 0.1) is 0 Å². The smallest absolute Gasteiger partial charge is 0.429 e. The zero-order chi connectivity index (χ0) is 10.3. The molecule has 5 nitrogen and oxygen atoms in total. The van der Waals surface area contributed by atoms with E-state index in [9.17, 15) is 8.42 Å². The lowest BCUT2D eigenvalue weighted by Gasteiger charge is -1.92. The van der Waals surface area contributed by atoms with E-state index < -0.39 is 10.1 Å². The summed E-state index contributed by atoms with van der Waals surface area (Å²) in [4.78, 5) is -0.0741. The summed E-state index contributed by atoms with van der Waals surface area (Å²) in [7, 11) is -4.00. The lowest BCUT2D eigenvalue weighted by Crippen LogP contribution is -1.96. The summed E-state index contributed by atoms with van der Waals surface area (Å²) >= 11 is 0. The normalized spacial score (nSPS) is 9.77. The molecule has 1 radical (unpaired) electrons. The molecule has 1 aromatic carbocycles. The molecule has 0 amide bonds. The molecule has 3 N–H and O–H groups in total. The van der Waals surface area contributed by atoms with Gasteiger partial charge in [-0.2, -0.15) is 8.42 Å². The number of benzene rings is 1. The first-order valence-corrected chi connectivity index (χ1v) is 4.59. The standard InChI is InChI=1S/C6H6O3S.BH2O2/c7-10(8,9)6-4-2-1-3-5-6;2-1-3/h1-5H,(H,7,8,9);2-3H. The Morgan fingerprint density at radius 2 is 1.46 bits per heavy atom. The fourth-order valence-electron chi connectivity index (χ4n) is 0.592. The van der Waals surface area contributed by atoms with Crippen LogP contribution in [0.2, 0.25) is 0 Å². The zero-order valence-corrected chi connectivity index (χ0v) is 7.35. The highest BCUT2D eigenvalue weighted by atomic mass is 32.2. The van der Waals surface area contributed by atoms with Gasteiger partial charge in [-0.1, -0.05) is 18.2 Å². The summed E-state index contributed by atoms with van der Waals surface area (Å²) < 4.78 is 29.2. The molecule has 0 spiro atoms. The summed E-state index contributed by atoms with van der Waals surface area (Å²) in [5, 5.41) is 14.0. The first kappa shape index (κ1) is 12.1. The van der Waals surface area contributed by atoms with Crippen molar-refractivity contribution in [2.45, 2.75) is 4.90 Å². The van der Waals surface area contributed by atoms with Gasteiger partial charge in [0.25, 0.3) is 10.1 Å². The molecule has 0 heterocycles. The minimum Gasteiger partial charge on any atom is -0.429 e. The van der Waals surface area contributed by atoms with Gasteiger partial charge in [-0.3, -0.25) is 4.55 Å². The highest BCUT2D eigenvalue weighted by Gasteiger charge is 2.05. The number of hydrogen-bond donors (Lipinski definition) is 3. The van der Waals surface area contributed by atoms with Crippen molar-refractivity contribution >= 4 is 17.8 Å². The van der Waals surface area contributed by atoms with Crippen LogP contribution in [0.1, 0.15) is 0 Å².